The largest absolute Gasteiger partial charge is 0.408 e. The Bertz CT molecular complexity index is 670. The summed E-state index contributed by atoms with van der Waals surface area (Å²) in [6.45, 7) is 0.153. The van der Waals surface area contributed by atoms with E-state index < -0.39 is 18.6 Å². The van der Waals surface area contributed by atoms with Gasteiger partial charge in [-0.15, -0.1) is 0 Å². The molecule has 2 aromatic rings. The Morgan fingerprint density at radius 3 is 2.62 bits per heavy atom. The van der Waals surface area contributed by atoms with Gasteiger partial charge in [0.05, 0.1) is 34.3 Å². The zero-order chi connectivity index (χ0) is 15.6. The van der Waals surface area contributed by atoms with Crippen molar-refractivity contribution in [3.63, 3.8) is 0 Å². The molecule has 0 radical (unpaired) electrons. The van der Waals surface area contributed by atoms with Gasteiger partial charge < -0.3 is 5.32 Å². The van der Waals surface area contributed by atoms with E-state index in [1.54, 1.807) is 0 Å². The Morgan fingerprint density at radius 2 is 2.00 bits per heavy atom. The molecular formula is C11H9BrF3N5O. The van der Waals surface area contributed by atoms with Crippen LogP contribution < -0.4 is 5.32 Å². The highest BCUT2D eigenvalue weighted by molar-refractivity contribution is 9.10. The second kappa shape index (κ2) is 5.80. The second-order valence-corrected chi connectivity index (χ2v) is 4.98. The Hall–Kier alpha value is -1.97. The SMILES string of the molecule is Cc1c(C(=O)Nc2cnncc2Br)cnn1CC(F)(F)F. The molecule has 0 saturated carbocycles. The molecule has 0 aliphatic carbocycles. The van der Waals surface area contributed by atoms with Gasteiger partial charge in [0.1, 0.15) is 6.54 Å². The monoisotopic (exact) mass is 363 g/mol. The molecule has 0 aromatic carbocycles. The van der Waals surface area contributed by atoms with Crippen molar-refractivity contribution in [2.24, 2.45) is 0 Å². The Balaban J connectivity index is 2.19. The van der Waals surface area contributed by atoms with E-state index in [1.807, 2.05) is 0 Å². The molecule has 0 atom stereocenters. The van der Waals surface area contributed by atoms with Crippen LogP contribution in [0.3, 0.4) is 0 Å². The van der Waals surface area contributed by atoms with Crippen molar-refractivity contribution in [2.45, 2.75) is 19.6 Å². The maximum atomic E-state index is 12.3. The van der Waals surface area contributed by atoms with Gasteiger partial charge in [-0.05, 0) is 22.9 Å². The lowest BCUT2D eigenvalue weighted by Gasteiger charge is -2.09. The van der Waals surface area contributed by atoms with Crippen LogP contribution >= 0.6 is 15.9 Å². The van der Waals surface area contributed by atoms with Crippen molar-refractivity contribution < 1.29 is 18.0 Å². The summed E-state index contributed by atoms with van der Waals surface area (Å²) in [6.07, 6.45) is -0.603. The van der Waals surface area contributed by atoms with E-state index in [-0.39, 0.29) is 11.3 Å². The number of aromatic nitrogens is 4. The Labute approximate surface area is 125 Å². The fourth-order valence-corrected chi connectivity index (χ4v) is 1.88. The average molecular weight is 364 g/mol. The first-order valence-electron chi connectivity index (χ1n) is 5.64. The fourth-order valence-electron chi connectivity index (χ4n) is 1.59. The molecule has 2 rings (SSSR count). The van der Waals surface area contributed by atoms with E-state index in [2.05, 4.69) is 36.5 Å². The number of nitrogens with zero attached hydrogens (tertiary/aromatic N) is 4. The number of hydrogen-bond acceptors (Lipinski definition) is 4. The number of carbonyl (C=O) groups excluding carboxylic acids is 1. The van der Waals surface area contributed by atoms with Gasteiger partial charge in [0, 0.05) is 5.69 Å². The molecule has 0 fully saturated rings. The van der Waals surface area contributed by atoms with Gasteiger partial charge in [0.2, 0.25) is 0 Å². The molecule has 112 valence electrons. The molecule has 1 amide bonds. The lowest BCUT2D eigenvalue weighted by atomic mass is 10.2. The molecule has 6 nitrogen and oxygen atoms in total. The molecule has 0 unspecified atom stereocenters. The third-order valence-electron chi connectivity index (χ3n) is 2.61. The smallest absolute Gasteiger partial charge is 0.319 e. The first-order valence-corrected chi connectivity index (χ1v) is 6.44. The minimum atomic E-state index is -4.40. The predicted molar refractivity (Wildman–Crippen MR) is 70.7 cm³/mol. The van der Waals surface area contributed by atoms with Gasteiger partial charge in [-0.2, -0.15) is 28.5 Å². The van der Waals surface area contributed by atoms with Gasteiger partial charge in [-0.3, -0.25) is 9.48 Å². The van der Waals surface area contributed by atoms with Crippen LogP contribution in [0.4, 0.5) is 18.9 Å². The van der Waals surface area contributed by atoms with E-state index in [9.17, 15) is 18.0 Å². The van der Waals surface area contributed by atoms with Crippen molar-refractivity contribution in [1.29, 1.82) is 0 Å². The van der Waals surface area contributed by atoms with E-state index in [0.717, 1.165) is 10.9 Å². The van der Waals surface area contributed by atoms with Crippen molar-refractivity contribution in [2.75, 3.05) is 5.32 Å². The van der Waals surface area contributed by atoms with Gasteiger partial charge in [-0.1, -0.05) is 0 Å². The van der Waals surface area contributed by atoms with Gasteiger partial charge >= 0.3 is 6.18 Å². The van der Waals surface area contributed by atoms with E-state index in [4.69, 9.17) is 0 Å². The maximum absolute atomic E-state index is 12.3. The third-order valence-corrected chi connectivity index (χ3v) is 3.24. The lowest BCUT2D eigenvalue weighted by molar-refractivity contribution is -0.142. The van der Waals surface area contributed by atoms with Crippen molar-refractivity contribution >= 4 is 27.5 Å². The normalized spacial score (nSPS) is 11.5. The molecule has 0 saturated heterocycles. The molecule has 0 aliphatic rings. The summed E-state index contributed by atoms with van der Waals surface area (Å²) >= 11 is 3.17. The molecule has 2 heterocycles. The summed E-state index contributed by atoms with van der Waals surface area (Å²) < 4.78 is 38.3. The summed E-state index contributed by atoms with van der Waals surface area (Å²) in [5.74, 6) is -0.574. The average Bonchev–Trinajstić information content (AvgIpc) is 2.72. The zero-order valence-electron chi connectivity index (χ0n) is 10.6. The Kier molecular flexibility index (Phi) is 4.26. The van der Waals surface area contributed by atoms with Crippen LogP contribution in [0.25, 0.3) is 0 Å². The molecule has 0 bridgehead atoms. The van der Waals surface area contributed by atoms with Gasteiger partial charge in [0.15, 0.2) is 0 Å². The van der Waals surface area contributed by atoms with E-state index in [0.29, 0.717) is 10.2 Å². The summed E-state index contributed by atoms with van der Waals surface area (Å²) in [5.41, 5.74) is 0.545. The van der Waals surface area contributed by atoms with Crippen LogP contribution in [-0.4, -0.2) is 32.1 Å². The number of carbonyl (C=O) groups is 1. The minimum Gasteiger partial charge on any atom is -0.319 e. The summed E-state index contributed by atoms with van der Waals surface area (Å²) in [5, 5.41) is 13.3. The highest BCUT2D eigenvalue weighted by Gasteiger charge is 2.30. The standard InChI is InChI=1S/C11H9BrF3N5O/c1-6-7(2-18-20(6)5-11(13,14)15)10(21)19-9-4-17-16-3-8(9)12/h2-4H,5H2,1H3,(H,16,19,21). The van der Waals surface area contributed by atoms with Gasteiger partial charge in [-0.25, -0.2) is 0 Å². The number of nitrogens with one attached hydrogen (secondary N) is 1. The van der Waals surface area contributed by atoms with E-state index >= 15 is 0 Å². The van der Waals surface area contributed by atoms with Crippen molar-refractivity contribution in [1.82, 2.24) is 20.0 Å². The highest BCUT2D eigenvalue weighted by Crippen LogP contribution is 2.22. The predicted octanol–water partition coefficient (Wildman–Crippen LogP) is 2.56. The molecule has 1 N–H and O–H groups in total. The quantitative estimate of drug-likeness (QED) is 0.909. The van der Waals surface area contributed by atoms with Crippen LogP contribution in [0, 0.1) is 6.92 Å². The summed E-state index contributed by atoms with van der Waals surface area (Å²) in [6, 6.07) is 0. The summed E-state index contributed by atoms with van der Waals surface area (Å²) in [4.78, 5) is 12.1. The highest BCUT2D eigenvalue weighted by atomic mass is 79.9. The minimum absolute atomic E-state index is 0.0583. The van der Waals surface area contributed by atoms with Crippen LogP contribution in [-0.2, 0) is 6.54 Å². The number of anilines is 1. The zero-order valence-corrected chi connectivity index (χ0v) is 12.2. The van der Waals surface area contributed by atoms with E-state index in [1.165, 1.54) is 19.3 Å². The maximum Gasteiger partial charge on any atom is 0.408 e. The fraction of sp³-hybridized carbons (Fsp3) is 0.273. The Morgan fingerprint density at radius 1 is 1.33 bits per heavy atom. The van der Waals surface area contributed by atoms with Crippen molar-refractivity contribution in [3.05, 3.63) is 34.3 Å². The first kappa shape index (κ1) is 15.4. The van der Waals surface area contributed by atoms with Crippen LogP contribution in [0.15, 0.2) is 23.1 Å². The van der Waals surface area contributed by atoms with Gasteiger partial charge in [0.25, 0.3) is 5.91 Å². The molecule has 21 heavy (non-hydrogen) atoms. The molecular weight excluding hydrogens is 355 g/mol. The third kappa shape index (κ3) is 3.78. The molecule has 2 aromatic heterocycles. The lowest BCUT2D eigenvalue weighted by Crippen LogP contribution is -2.20. The van der Waals surface area contributed by atoms with Crippen LogP contribution in [0.1, 0.15) is 16.1 Å². The number of amides is 1. The number of alkyl halides is 3. The first-order chi connectivity index (χ1) is 9.78. The molecule has 10 heteroatoms. The van der Waals surface area contributed by atoms with Crippen LogP contribution in [0.5, 0.6) is 0 Å². The van der Waals surface area contributed by atoms with Crippen LogP contribution in [0.2, 0.25) is 0 Å². The molecule has 0 spiro atoms. The number of halogens is 4. The van der Waals surface area contributed by atoms with Crippen molar-refractivity contribution in [3.8, 4) is 0 Å². The molecule has 0 aliphatic heterocycles. The second-order valence-electron chi connectivity index (χ2n) is 4.12. The number of hydrogen-bond donors (Lipinski definition) is 1. The number of rotatable bonds is 3. The summed E-state index contributed by atoms with van der Waals surface area (Å²) in [7, 11) is 0. The topological polar surface area (TPSA) is 72.7 Å².